The molecule has 1 atom stereocenters. The number of nitrogens with one attached hydrogen (secondary N) is 3. The molecule has 186 valence electrons. The monoisotopic (exact) mass is 478 g/mol. The van der Waals surface area contributed by atoms with Crippen LogP contribution in [0.15, 0.2) is 48.5 Å². The summed E-state index contributed by atoms with van der Waals surface area (Å²) >= 11 is 0. The number of nitrogens with zero attached hydrogens (tertiary/aromatic N) is 1. The van der Waals surface area contributed by atoms with Crippen LogP contribution in [0.5, 0.6) is 0 Å². The van der Waals surface area contributed by atoms with E-state index in [2.05, 4.69) is 20.9 Å². The number of hydrogen-bond acceptors (Lipinski definition) is 5. The molecule has 2 aliphatic rings. The van der Waals surface area contributed by atoms with E-state index in [9.17, 15) is 14.4 Å². The molecule has 3 N–H and O–H groups in total. The summed E-state index contributed by atoms with van der Waals surface area (Å²) in [4.78, 5) is 40.5. The quantitative estimate of drug-likeness (QED) is 0.542. The summed E-state index contributed by atoms with van der Waals surface area (Å²) in [6.45, 7) is 5.78. The molecule has 0 radical (unpaired) electrons. The van der Waals surface area contributed by atoms with Crippen LogP contribution < -0.4 is 20.9 Å². The molecule has 35 heavy (non-hydrogen) atoms. The van der Waals surface area contributed by atoms with Gasteiger partial charge in [-0.15, -0.1) is 0 Å². The maximum Gasteiger partial charge on any atom is 0.338 e. The van der Waals surface area contributed by atoms with E-state index in [0.717, 1.165) is 37.1 Å². The Balaban J connectivity index is 1.47. The first-order valence-corrected chi connectivity index (χ1v) is 12.3. The van der Waals surface area contributed by atoms with Crippen LogP contribution >= 0.6 is 0 Å². The van der Waals surface area contributed by atoms with Gasteiger partial charge >= 0.3 is 12.0 Å². The zero-order chi connectivity index (χ0) is 25.0. The molecule has 1 fully saturated rings. The van der Waals surface area contributed by atoms with Crippen molar-refractivity contribution in [1.29, 1.82) is 0 Å². The number of carbonyl (C=O) groups excluding carboxylic acids is 3. The molecule has 8 heteroatoms. The summed E-state index contributed by atoms with van der Waals surface area (Å²) in [6, 6.07) is 13.4. The van der Waals surface area contributed by atoms with Crippen LogP contribution in [0.3, 0.4) is 0 Å². The van der Waals surface area contributed by atoms with Crippen LogP contribution in [-0.2, 0) is 9.53 Å². The minimum absolute atomic E-state index is 0.256. The Morgan fingerprint density at radius 3 is 2.51 bits per heavy atom. The van der Waals surface area contributed by atoms with Crippen LogP contribution in [0.25, 0.3) is 0 Å². The van der Waals surface area contributed by atoms with Gasteiger partial charge in [0, 0.05) is 18.3 Å². The van der Waals surface area contributed by atoms with E-state index in [1.807, 2.05) is 24.3 Å². The van der Waals surface area contributed by atoms with Crippen molar-refractivity contribution in [2.24, 2.45) is 0 Å². The average Bonchev–Trinajstić information content (AvgIpc) is 2.95. The Bertz CT molecular complexity index is 1090. The molecule has 3 amide bonds. The Kier molecular flexibility index (Phi) is 7.28. The number of urea groups is 1. The molecule has 2 aromatic carbocycles. The molecular weight excluding hydrogens is 444 g/mol. The number of ether oxygens (including phenoxy) is 1. The van der Waals surface area contributed by atoms with Gasteiger partial charge in [0.15, 0.2) is 0 Å². The van der Waals surface area contributed by atoms with Crippen LogP contribution in [0.4, 0.5) is 21.9 Å². The highest BCUT2D eigenvalue weighted by molar-refractivity contribution is 6.03. The van der Waals surface area contributed by atoms with Gasteiger partial charge in [-0.25, -0.2) is 9.59 Å². The summed E-state index contributed by atoms with van der Waals surface area (Å²) in [5, 5.41) is 8.55. The van der Waals surface area contributed by atoms with E-state index in [4.69, 9.17) is 4.74 Å². The standard InChI is InChI=1S/C27H34N4O4/c1-27(2,3)35-25(33)18-10-9-11-19(16-18)28-26(34)30-22-17-31(20-12-5-4-6-13-20)23-15-8-7-14-21(23)29-24(22)32/h7-11,14-16,20,22H,4-6,12-13,17H2,1-3H3,(H,29,32)(H2,28,30,34). The van der Waals surface area contributed by atoms with Gasteiger partial charge in [0.25, 0.3) is 0 Å². The number of carbonyl (C=O) groups is 3. The van der Waals surface area contributed by atoms with E-state index in [-0.39, 0.29) is 5.91 Å². The summed E-state index contributed by atoms with van der Waals surface area (Å²) in [7, 11) is 0. The predicted molar refractivity (Wildman–Crippen MR) is 137 cm³/mol. The first-order valence-electron chi connectivity index (χ1n) is 12.3. The highest BCUT2D eigenvalue weighted by atomic mass is 16.6. The van der Waals surface area contributed by atoms with Crippen molar-refractivity contribution in [1.82, 2.24) is 5.32 Å². The lowest BCUT2D eigenvalue weighted by Crippen LogP contribution is -2.52. The summed E-state index contributed by atoms with van der Waals surface area (Å²) in [6.07, 6.45) is 5.70. The third-order valence-corrected chi connectivity index (χ3v) is 6.24. The molecule has 1 saturated carbocycles. The minimum atomic E-state index is -0.738. The summed E-state index contributed by atoms with van der Waals surface area (Å²) < 4.78 is 5.41. The molecular formula is C27H34N4O4. The summed E-state index contributed by atoms with van der Waals surface area (Å²) in [5.41, 5.74) is 1.91. The zero-order valence-corrected chi connectivity index (χ0v) is 20.6. The number of amides is 3. The van der Waals surface area contributed by atoms with Gasteiger partial charge < -0.3 is 25.6 Å². The molecule has 8 nitrogen and oxygen atoms in total. The van der Waals surface area contributed by atoms with Crippen molar-refractivity contribution < 1.29 is 19.1 Å². The van der Waals surface area contributed by atoms with Crippen LogP contribution in [0.2, 0.25) is 0 Å². The third-order valence-electron chi connectivity index (χ3n) is 6.24. The number of rotatable bonds is 4. The molecule has 1 aliphatic carbocycles. The molecule has 0 bridgehead atoms. The lowest BCUT2D eigenvalue weighted by Gasteiger charge is -2.37. The van der Waals surface area contributed by atoms with Gasteiger partial charge in [-0.2, -0.15) is 0 Å². The Morgan fingerprint density at radius 2 is 1.77 bits per heavy atom. The van der Waals surface area contributed by atoms with E-state index in [1.54, 1.807) is 45.0 Å². The van der Waals surface area contributed by atoms with Gasteiger partial charge in [-0.05, 0) is 63.9 Å². The first kappa shape index (κ1) is 24.6. The van der Waals surface area contributed by atoms with Gasteiger partial charge in [-0.1, -0.05) is 37.5 Å². The number of benzene rings is 2. The maximum absolute atomic E-state index is 13.0. The van der Waals surface area contributed by atoms with Crippen molar-refractivity contribution in [3.63, 3.8) is 0 Å². The lowest BCUT2D eigenvalue weighted by atomic mass is 9.93. The van der Waals surface area contributed by atoms with Crippen LogP contribution in [0, 0.1) is 0 Å². The van der Waals surface area contributed by atoms with Crippen LogP contribution in [-0.4, -0.2) is 42.1 Å². The van der Waals surface area contributed by atoms with Gasteiger partial charge in [-0.3, -0.25) is 4.79 Å². The maximum atomic E-state index is 13.0. The highest BCUT2D eigenvalue weighted by Gasteiger charge is 2.33. The Labute approximate surface area is 206 Å². The minimum Gasteiger partial charge on any atom is -0.456 e. The number of anilines is 3. The van der Waals surface area contributed by atoms with Crippen molar-refractivity contribution in [2.75, 3.05) is 22.1 Å². The molecule has 1 unspecified atom stereocenters. The SMILES string of the molecule is CC(C)(C)OC(=O)c1cccc(NC(=O)NC2CN(C3CCCCC3)c3ccccc3NC2=O)c1. The van der Waals surface area contributed by atoms with Crippen LogP contribution in [0.1, 0.15) is 63.2 Å². The summed E-state index contributed by atoms with van der Waals surface area (Å²) in [5.74, 6) is -0.723. The molecule has 0 saturated heterocycles. The molecule has 2 aromatic rings. The largest absolute Gasteiger partial charge is 0.456 e. The number of para-hydroxylation sites is 2. The van der Waals surface area contributed by atoms with E-state index in [0.29, 0.717) is 23.8 Å². The fourth-order valence-corrected chi connectivity index (χ4v) is 4.66. The average molecular weight is 479 g/mol. The zero-order valence-electron chi connectivity index (χ0n) is 20.6. The van der Waals surface area contributed by atoms with Crippen molar-refractivity contribution in [3.8, 4) is 0 Å². The normalized spacial score (nSPS) is 18.7. The van der Waals surface area contributed by atoms with Gasteiger partial charge in [0.2, 0.25) is 5.91 Å². The number of fused-ring (bicyclic) bond motifs is 1. The molecule has 1 aliphatic heterocycles. The molecule has 0 aromatic heterocycles. The molecule has 0 spiro atoms. The molecule has 4 rings (SSSR count). The van der Waals surface area contributed by atoms with E-state index >= 15 is 0 Å². The van der Waals surface area contributed by atoms with Gasteiger partial charge in [0.1, 0.15) is 11.6 Å². The smallest absolute Gasteiger partial charge is 0.338 e. The molecule has 1 heterocycles. The topological polar surface area (TPSA) is 99.8 Å². The lowest BCUT2D eigenvalue weighted by molar-refractivity contribution is -0.117. The van der Waals surface area contributed by atoms with Crippen molar-refractivity contribution >= 4 is 35.0 Å². The highest BCUT2D eigenvalue weighted by Crippen LogP contribution is 2.34. The predicted octanol–water partition coefficient (Wildman–Crippen LogP) is 4.92. The first-order chi connectivity index (χ1) is 16.7. The van der Waals surface area contributed by atoms with Gasteiger partial charge in [0.05, 0.1) is 16.9 Å². The third kappa shape index (κ3) is 6.32. The van der Waals surface area contributed by atoms with Crippen molar-refractivity contribution in [3.05, 3.63) is 54.1 Å². The Morgan fingerprint density at radius 1 is 1.03 bits per heavy atom. The fraction of sp³-hybridized carbons (Fsp3) is 0.444. The fourth-order valence-electron chi connectivity index (χ4n) is 4.66. The second-order valence-corrected chi connectivity index (χ2v) is 10.2. The second-order valence-electron chi connectivity index (χ2n) is 10.2. The second kappa shape index (κ2) is 10.4. The Hall–Kier alpha value is -3.55. The number of esters is 1. The van der Waals surface area contributed by atoms with Crippen molar-refractivity contribution in [2.45, 2.75) is 70.6 Å². The number of hydrogen-bond donors (Lipinski definition) is 3. The van der Waals surface area contributed by atoms with E-state index in [1.165, 1.54) is 6.42 Å². The van der Waals surface area contributed by atoms with E-state index < -0.39 is 23.6 Å².